The Morgan fingerprint density at radius 2 is 2.12 bits per heavy atom. The molecule has 0 heterocycles. The van der Waals surface area contributed by atoms with Gasteiger partial charge in [0, 0.05) is 6.54 Å². The largest absolute Gasteiger partial charge is 0.496 e. The summed E-state index contributed by atoms with van der Waals surface area (Å²) in [4.78, 5) is 12.0. The van der Waals surface area contributed by atoms with Gasteiger partial charge in [0.2, 0.25) is 0 Å². The van der Waals surface area contributed by atoms with E-state index in [0.717, 1.165) is 12.0 Å². The van der Waals surface area contributed by atoms with Crippen molar-refractivity contribution in [1.29, 1.82) is 0 Å². The highest BCUT2D eigenvalue weighted by atomic mass is 16.5. The van der Waals surface area contributed by atoms with E-state index < -0.39 is 0 Å². The highest BCUT2D eigenvalue weighted by Gasteiger charge is 2.13. The Balaban J connectivity index is 3.01. The second-order valence-corrected chi connectivity index (χ2v) is 4.37. The molecular weight excluding hydrogens is 214 g/mol. The highest BCUT2D eigenvalue weighted by molar-refractivity contribution is 5.97. The average Bonchev–Trinajstić information content (AvgIpc) is 2.34. The predicted octanol–water partition coefficient (Wildman–Crippen LogP) is 2.96. The van der Waals surface area contributed by atoms with Gasteiger partial charge in [0.05, 0.1) is 12.7 Å². The predicted molar refractivity (Wildman–Crippen MR) is 69.7 cm³/mol. The number of ether oxygens (including phenoxy) is 1. The first-order valence-corrected chi connectivity index (χ1v) is 6.06. The SMILES string of the molecule is CCCNC(=O)c1cc(C(C)C)ccc1OC. The van der Waals surface area contributed by atoms with Crippen LogP contribution in [0.1, 0.15) is 49.0 Å². The molecule has 3 heteroatoms. The molecule has 0 aliphatic heterocycles. The second kappa shape index (κ2) is 6.28. The van der Waals surface area contributed by atoms with Gasteiger partial charge in [-0.25, -0.2) is 0 Å². The summed E-state index contributed by atoms with van der Waals surface area (Å²) in [6.45, 7) is 6.93. The summed E-state index contributed by atoms with van der Waals surface area (Å²) in [5.41, 5.74) is 1.76. The minimum atomic E-state index is -0.0637. The molecular formula is C14H21NO2. The minimum absolute atomic E-state index is 0.0637. The van der Waals surface area contributed by atoms with Crippen LogP contribution in [0.5, 0.6) is 5.75 Å². The average molecular weight is 235 g/mol. The maximum atomic E-state index is 12.0. The van der Waals surface area contributed by atoms with E-state index >= 15 is 0 Å². The first kappa shape index (κ1) is 13.6. The fraction of sp³-hybridized carbons (Fsp3) is 0.500. The van der Waals surface area contributed by atoms with Crippen LogP contribution in [0.2, 0.25) is 0 Å². The Kier molecular flexibility index (Phi) is 5.01. The van der Waals surface area contributed by atoms with Crippen molar-refractivity contribution >= 4 is 5.91 Å². The molecule has 0 aliphatic carbocycles. The van der Waals surface area contributed by atoms with Crippen LogP contribution in [0.25, 0.3) is 0 Å². The zero-order valence-corrected chi connectivity index (χ0v) is 11.0. The van der Waals surface area contributed by atoms with E-state index in [1.54, 1.807) is 7.11 Å². The molecule has 1 aromatic carbocycles. The molecule has 0 bridgehead atoms. The monoisotopic (exact) mass is 235 g/mol. The smallest absolute Gasteiger partial charge is 0.255 e. The molecule has 0 saturated heterocycles. The summed E-state index contributed by atoms with van der Waals surface area (Å²) in [5.74, 6) is 0.966. The lowest BCUT2D eigenvalue weighted by atomic mass is 10.00. The molecule has 0 atom stereocenters. The molecule has 1 rings (SSSR count). The van der Waals surface area contributed by atoms with E-state index in [4.69, 9.17) is 4.74 Å². The third-order valence-corrected chi connectivity index (χ3v) is 2.67. The van der Waals surface area contributed by atoms with Crippen LogP contribution in [-0.4, -0.2) is 19.6 Å². The van der Waals surface area contributed by atoms with Crippen molar-refractivity contribution in [1.82, 2.24) is 5.32 Å². The zero-order valence-electron chi connectivity index (χ0n) is 11.0. The lowest BCUT2D eigenvalue weighted by Crippen LogP contribution is -2.24. The van der Waals surface area contributed by atoms with Crippen LogP contribution in [-0.2, 0) is 0 Å². The van der Waals surface area contributed by atoms with Crippen molar-refractivity contribution in [2.75, 3.05) is 13.7 Å². The Morgan fingerprint density at radius 1 is 1.41 bits per heavy atom. The van der Waals surface area contributed by atoms with Crippen LogP contribution < -0.4 is 10.1 Å². The van der Waals surface area contributed by atoms with Gasteiger partial charge in [-0.05, 0) is 30.0 Å². The molecule has 1 amide bonds. The number of carbonyl (C=O) groups is 1. The number of amides is 1. The molecule has 1 N–H and O–H groups in total. The first-order chi connectivity index (χ1) is 8.10. The van der Waals surface area contributed by atoms with Gasteiger partial charge in [0.1, 0.15) is 5.75 Å². The number of methoxy groups -OCH3 is 1. The van der Waals surface area contributed by atoms with Crippen molar-refractivity contribution in [2.24, 2.45) is 0 Å². The van der Waals surface area contributed by atoms with Crippen LogP contribution in [0.3, 0.4) is 0 Å². The number of hydrogen-bond donors (Lipinski definition) is 1. The number of rotatable bonds is 5. The topological polar surface area (TPSA) is 38.3 Å². The van der Waals surface area contributed by atoms with Crippen LogP contribution >= 0.6 is 0 Å². The summed E-state index contributed by atoms with van der Waals surface area (Å²) in [6.07, 6.45) is 0.928. The molecule has 0 radical (unpaired) electrons. The molecule has 17 heavy (non-hydrogen) atoms. The second-order valence-electron chi connectivity index (χ2n) is 4.37. The molecule has 0 spiro atoms. The minimum Gasteiger partial charge on any atom is -0.496 e. The Labute approximate surface area is 103 Å². The Morgan fingerprint density at radius 3 is 2.65 bits per heavy atom. The maximum absolute atomic E-state index is 12.0. The highest BCUT2D eigenvalue weighted by Crippen LogP contribution is 2.24. The van der Waals surface area contributed by atoms with E-state index in [9.17, 15) is 4.79 Å². The quantitative estimate of drug-likeness (QED) is 0.852. The Hall–Kier alpha value is -1.51. The third-order valence-electron chi connectivity index (χ3n) is 2.67. The van der Waals surface area contributed by atoms with Gasteiger partial charge in [0.15, 0.2) is 0 Å². The molecule has 0 saturated carbocycles. The fourth-order valence-corrected chi connectivity index (χ4v) is 1.60. The van der Waals surface area contributed by atoms with Gasteiger partial charge >= 0.3 is 0 Å². The Bertz CT molecular complexity index is 386. The van der Waals surface area contributed by atoms with E-state index in [0.29, 0.717) is 23.8 Å². The standard InChI is InChI=1S/C14H21NO2/c1-5-8-15-14(16)12-9-11(10(2)3)6-7-13(12)17-4/h6-7,9-10H,5,8H2,1-4H3,(H,15,16). The molecule has 0 aliphatic rings. The number of carbonyl (C=O) groups excluding carboxylic acids is 1. The third kappa shape index (κ3) is 3.48. The number of nitrogens with one attached hydrogen (secondary N) is 1. The lowest BCUT2D eigenvalue weighted by Gasteiger charge is -2.12. The van der Waals surface area contributed by atoms with E-state index in [1.807, 2.05) is 25.1 Å². The van der Waals surface area contributed by atoms with E-state index in [2.05, 4.69) is 19.2 Å². The fourth-order valence-electron chi connectivity index (χ4n) is 1.60. The van der Waals surface area contributed by atoms with Gasteiger partial charge in [-0.15, -0.1) is 0 Å². The molecule has 94 valence electrons. The summed E-state index contributed by atoms with van der Waals surface area (Å²) in [7, 11) is 1.58. The molecule has 0 fully saturated rings. The zero-order chi connectivity index (χ0) is 12.8. The van der Waals surface area contributed by atoms with Gasteiger partial charge in [-0.3, -0.25) is 4.79 Å². The molecule has 0 unspecified atom stereocenters. The van der Waals surface area contributed by atoms with Crippen LogP contribution in [0, 0.1) is 0 Å². The van der Waals surface area contributed by atoms with Crippen molar-refractivity contribution in [2.45, 2.75) is 33.1 Å². The van der Waals surface area contributed by atoms with Crippen molar-refractivity contribution < 1.29 is 9.53 Å². The van der Waals surface area contributed by atoms with E-state index in [-0.39, 0.29) is 5.91 Å². The normalized spacial score (nSPS) is 10.4. The van der Waals surface area contributed by atoms with Gasteiger partial charge < -0.3 is 10.1 Å². The van der Waals surface area contributed by atoms with Crippen molar-refractivity contribution in [3.05, 3.63) is 29.3 Å². The molecule has 1 aromatic rings. The van der Waals surface area contributed by atoms with Gasteiger partial charge in [-0.2, -0.15) is 0 Å². The summed E-state index contributed by atoms with van der Waals surface area (Å²) in [5, 5.41) is 2.87. The summed E-state index contributed by atoms with van der Waals surface area (Å²) >= 11 is 0. The van der Waals surface area contributed by atoms with Crippen molar-refractivity contribution in [3.63, 3.8) is 0 Å². The molecule has 0 aromatic heterocycles. The van der Waals surface area contributed by atoms with Gasteiger partial charge in [-0.1, -0.05) is 26.8 Å². The van der Waals surface area contributed by atoms with Crippen molar-refractivity contribution in [3.8, 4) is 5.75 Å². The first-order valence-electron chi connectivity index (χ1n) is 6.06. The van der Waals surface area contributed by atoms with Crippen LogP contribution in [0.15, 0.2) is 18.2 Å². The number of benzene rings is 1. The maximum Gasteiger partial charge on any atom is 0.255 e. The summed E-state index contributed by atoms with van der Waals surface area (Å²) in [6, 6.07) is 5.77. The molecule has 3 nitrogen and oxygen atoms in total. The lowest BCUT2D eigenvalue weighted by molar-refractivity contribution is 0.0950. The number of hydrogen-bond acceptors (Lipinski definition) is 2. The van der Waals surface area contributed by atoms with Gasteiger partial charge in [0.25, 0.3) is 5.91 Å². The van der Waals surface area contributed by atoms with E-state index in [1.165, 1.54) is 0 Å². The summed E-state index contributed by atoms with van der Waals surface area (Å²) < 4.78 is 5.22. The van der Waals surface area contributed by atoms with Crippen LogP contribution in [0.4, 0.5) is 0 Å².